The van der Waals surface area contributed by atoms with Gasteiger partial charge in [-0.1, -0.05) is 117 Å². The summed E-state index contributed by atoms with van der Waals surface area (Å²) in [6, 6.07) is 29.1. The molecule has 2 amide bonds. The van der Waals surface area contributed by atoms with Gasteiger partial charge in [0.05, 0.1) is 62.0 Å². The molecule has 10 aromatic heterocycles. The van der Waals surface area contributed by atoms with Crippen LogP contribution in [0, 0.1) is 92.7 Å². The van der Waals surface area contributed by atoms with Crippen LogP contribution in [-0.2, 0) is 22.7 Å². The molecule has 0 radical (unpaired) electrons. The monoisotopic (exact) mass is 2150 g/mol. The van der Waals surface area contributed by atoms with E-state index >= 15 is 0 Å². The van der Waals surface area contributed by atoms with Crippen LogP contribution >= 0.6 is 92.8 Å². The molecule has 6 N–H and O–H groups in total. The van der Waals surface area contributed by atoms with Gasteiger partial charge in [-0.15, -0.1) is 0 Å². The Morgan fingerprint density at radius 1 is 0.358 bits per heavy atom. The van der Waals surface area contributed by atoms with E-state index in [4.69, 9.17) is 124 Å². The standard InChI is InChI=1S/2C26H27Cl2N9.2C26H30Cl2N8O/c2*1-16(20-5-4-19(27)9-21(20)28)37-26-25(22(10-29)34-37)32-11-24(33-26)36-13-18(14-36)17-3-2-8-35(12-17)15-23-30-6-7-31-23;2*1-16(20-7-6-19(27)10-21(20)28)36-26-25(22(11-29)33-36)31-12-24(32-26)35-14-18(15-35)17-4-2-8-34(13-17)9-3-5-23(30)37/h2*4-7,9,11,16-18H,2-3,8,12-15H2,1H3,(H,30,31);2*6-7,10,12,16-18H,2-5,8-9,13-15H2,1H3,(H2,30,37)/t16-,17+;16-,17-;16-,17+;16-,17-/m1111/s1. The Bertz CT molecular complexity index is 6880. The summed E-state index contributed by atoms with van der Waals surface area (Å²) < 4.78 is 6.93. The highest BCUT2D eigenvalue weighted by molar-refractivity contribution is 6.37. The first-order chi connectivity index (χ1) is 71.7. The summed E-state index contributed by atoms with van der Waals surface area (Å²) in [5.41, 5.74) is 19.2. The Morgan fingerprint density at radius 2 is 0.608 bits per heavy atom. The molecule has 148 heavy (non-hydrogen) atoms. The zero-order valence-corrected chi connectivity index (χ0v) is 88.6. The van der Waals surface area contributed by atoms with E-state index in [2.05, 4.69) is 124 Å². The summed E-state index contributed by atoms with van der Waals surface area (Å²) in [5.74, 6) is 9.87. The number of likely N-dealkylation sites (tertiary alicyclic amines) is 4. The van der Waals surface area contributed by atoms with Crippen molar-refractivity contribution in [2.45, 2.75) is 142 Å². The van der Waals surface area contributed by atoms with Crippen LogP contribution in [0.25, 0.3) is 44.7 Å². The summed E-state index contributed by atoms with van der Waals surface area (Å²) in [5, 5.41) is 61.1. The molecule has 0 bridgehead atoms. The number of nitrogens with zero attached hydrogens (tertiary/aromatic N) is 30. The number of aromatic amines is 2. The Hall–Kier alpha value is -12.2. The first kappa shape index (κ1) is 104. The summed E-state index contributed by atoms with van der Waals surface area (Å²) in [4.78, 5) is 94.3. The highest BCUT2D eigenvalue weighted by atomic mass is 35.5. The number of primary amides is 2. The molecule has 0 spiro atoms. The molecule has 22 rings (SSSR count). The summed E-state index contributed by atoms with van der Waals surface area (Å²) in [6.07, 6.45) is 26.7. The zero-order chi connectivity index (χ0) is 103. The first-order valence-corrected chi connectivity index (χ1v) is 53.5. The molecule has 0 unspecified atom stereocenters. The van der Waals surface area contributed by atoms with Gasteiger partial charge in [0.1, 0.15) is 81.3 Å². The molecule has 4 aromatic carbocycles. The molecule has 768 valence electrons. The van der Waals surface area contributed by atoms with Gasteiger partial charge in [0.25, 0.3) is 0 Å². The number of piperidine rings is 4. The van der Waals surface area contributed by atoms with Crippen molar-refractivity contribution >= 4 is 173 Å². The van der Waals surface area contributed by atoms with E-state index in [1.165, 1.54) is 51.4 Å². The third kappa shape index (κ3) is 23.3. The zero-order valence-electron chi connectivity index (χ0n) is 82.5. The van der Waals surface area contributed by atoms with Crippen LogP contribution in [0.15, 0.2) is 122 Å². The minimum absolute atomic E-state index is 0.227. The maximum atomic E-state index is 11.1. The van der Waals surface area contributed by atoms with Gasteiger partial charge in [-0.3, -0.25) is 19.4 Å². The number of hydrogen-bond acceptors (Lipinski definition) is 28. The third-order valence-corrected chi connectivity index (χ3v) is 32.8. The van der Waals surface area contributed by atoms with E-state index in [9.17, 15) is 30.6 Å². The predicted octanol–water partition coefficient (Wildman–Crippen LogP) is 17.4. The number of hydrogen-bond donors (Lipinski definition) is 4. The van der Waals surface area contributed by atoms with Crippen molar-refractivity contribution in [3.63, 3.8) is 0 Å². The van der Waals surface area contributed by atoms with Crippen LogP contribution in [0.5, 0.6) is 0 Å². The third-order valence-electron chi connectivity index (χ3n) is 30.5. The first-order valence-electron chi connectivity index (χ1n) is 50.5. The summed E-state index contributed by atoms with van der Waals surface area (Å²) in [6.45, 7) is 27.8. The molecule has 14 aromatic rings. The lowest BCUT2D eigenvalue weighted by Crippen LogP contribution is -2.54. The van der Waals surface area contributed by atoms with Crippen molar-refractivity contribution in [3.8, 4) is 24.3 Å². The van der Waals surface area contributed by atoms with E-state index in [1.807, 2.05) is 76.7 Å². The topological polar surface area (TPSA) is 439 Å². The number of anilines is 4. The number of rotatable bonds is 28. The van der Waals surface area contributed by atoms with Crippen LogP contribution < -0.4 is 31.1 Å². The van der Waals surface area contributed by atoms with Gasteiger partial charge >= 0.3 is 0 Å². The van der Waals surface area contributed by atoms with Gasteiger partial charge in [0.15, 0.2) is 45.4 Å². The number of aromatic nitrogens is 20. The predicted molar refractivity (Wildman–Crippen MR) is 572 cm³/mol. The van der Waals surface area contributed by atoms with Crippen LogP contribution in [0.2, 0.25) is 40.2 Å². The maximum Gasteiger partial charge on any atom is 0.217 e. The number of carbonyl (C=O) groups is 2. The molecule has 8 saturated heterocycles. The highest BCUT2D eigenvalue weighted by Gasteiger charge is 2.43. The van der Waals surface area contributed by atoms with Crippen LogP contribution in [0.1, 0.15) is 186 Å². The van der Waals surface area contributed by atoms with Gasteiger partial charge < -0.3 is 50.8 Å². The highest BCUT2D eigenvalue weighted by Crippen LogP contribution is 2.44. The number of nitrogens with one attached hydrogen (secondary N) is 2. The van der Waals surface area contributed by atoms with Crippen molar-refractivity contribution in [3.05, 3.63) is 219 Å². The lowest BCUT2D eigenvalue weighted by Gasteiger charge is -2.47. The number of halogens is 8. The average Bonchev–Trinajstić information content (AvgIpc) is 1.62. The fraction of sp³-hybridized carbons (Fsp3) is 0.462. The molecule has 8 atom stereocenters. The van der Waals surface area contributed by atoms with Crippen molar-refractivity contribution < 1.29 is 9.59 Å². The van der Waals surface area contributed by atoms with E-state index in [1.54, 1.807) is 92.0 Å². The minimum Gasteiger partial charge on any atom is -0.370 e. The molecule has 0 saturated carbocycles. The van der Waals surface area contributed by atoms with Crippen molar-refractivity contribution in [2.24, 2.45) is 58.8 Å². The molecule has 8 aliphatic rings. The second-order valence-corrected chi connectivity index (χ2v) is 43.5. The van der Waals surface area contributed by atoms with E-state index in [0.717, 1.165) is 201 Å². The van der Waals surface area contributed by atoms with Crippen LogP contribution in [-0.4, -0.2) is 248 Å². The van der Waals surface area contributed by atoms with Crippen molar-refractivity contribution in [1.82, 2.24) is 119 Å². The van der Waals surface area contributed by atoms with Gasteiger partial charge in [0.2, 0.25) is 11.8 Å². The lowest BCUT2D eigenvalue weighted by atomic mass is 9.80. The average molecular weight is 2160 g/mol. The summed E-state index contributed by atoms with van der Waals surface area (Å²) >= 11 is 50.2. The van der Waals surface area contributed by atoms with E-state index in [0.29, 0.717) is 145 Å². The molecule has 8 aliphatic heterocycles. The number of H-pyrrole nitrogens is 2. The number of benzene rings is 4. The smallest absolute Gasteiger partial charge is 0.217 e. The van der Waals surface area contributed by atoms with Gasteiger partial charge in [-0.2, -0.15) is 41.4 Å². The van der Waals surface area contributed by atoms with Crippen molar-refractivity contribution in [2.75, 3.05) is 137 Å². The molecule has 8 fully saturated rings. The van der Waals surface area contributed by atoms with Crippen molar-refractivity contribution in [1.29, 1.82) is 21.0 Å². The number of nitriles is 4. The quantitative estimate of drug-likeness (QED) is 0.0354. The maximum absolute atomic E-state index is 11.1. The Balaban J connectivity index is 0.000000124. The van der Waals surface area contributed by atoms with Gasteiger partial charge in [0, 0.05) is 156 Å². The number of nitrogens with two attached hydrogens (primary N) is 2. The lowest BCUT2D eigenvalue weighted by molar-refractivity contribution is -0.119. The minimum atomic E-state index is -0.258. The number of imidazole rings is 2. The molecule has 44 heteroatoms. The molecule has 18 heterocycles. The number of carbonyl (C=O) groups excluding carboxylic acids is 2. The number of fused-ring (bicyclic) bond motifs is 4. The molecular weight excluding hydrogens is 2040 g/mol. The largest absolute Gasteiger partial charge is 0.370 e. The Labute approximate surface area is 896 Å². The Kier molecular flexibility index (Phi) is 32.7. The second-order valence-electron chi connectivity index (χ2n) is 40.1. The van der Waals surface area contributed by atoms with Crippen LogP contribution in [0.3, 0.4) is 0 Å². The van der Waals surface area contributed by atoms with Crippen LogP contribution in [0.4, 0.5) is 23.3 Å². The Morgan fingerprint density at radius 3 is 0.838 bits per heavy atom. The molecular formula is C104H114Cl8N34O2. The number of amides is 2. The SMILES string of the molecule is C[C@H](c1ccc(Cl)cc1Cl)n1nc(C#N)c2ncc(N3CC([C@@H]4CCCN(CCCC(N)=O)C4)C3)nc21.C[C@H](c1ccc(Cl)cc1Cl)n1nc(C#N)c2ncc(N3CC([C@@H]4CCCN(Cc5ncc[nH]5)C4)C3)nc21.C[C@H](c1ccc(Cl)cc1Cl)n1nc(C#N)c2ncc(N3CC([C@H]4CCCN(CCCC(N)=O)C4)C3)nc21.C[C@H](c1ccc(Cl)cc1Cl)n1nc(C#N)c2ncc(N3CC([C@H]4CCCN(Cc5ncc[nH]5)C4)C3)nc21. The fourth-order valence-electron chi connectivity index (χ4n) is 22.2. The molecule has 0 aliphatic carbocycles. The normalized spacial score (nSPS) is 19.6. The van der Waals surface area contributed by atoms with Gasteiger partial charge in [-0.05, 0) is 249 Å². The fourth-order valence-corrected chi connectivity index (χ4v) is 24.5. The van der Waals surface area contributed by atoms with E-state index in [-0.39, 0.29) is 58.8 Å². The molecule has 36 nitrogen and oxygen atoms in total. The van der Waals surface area contributed by atoms with E-state index < -0.39 is 0 Å². The summed E-state index contributed by atoms with van der Waals surface area (Å²) in [7, 11) is 0. The van der Waals surface area contributed by atoms with Gasteiger partial charge in [-0.25, -0.2) is 68.6 Å². The second kappa shape index (κ2) is 46.5.